The van der Waals surface area contributed by atoms with Crippen molar-refractivity contribution >= 4 is 76.5 Å². The predicted octanol–water partition coefficient (Wildman–Crippen LogP) is 6.76. The van der Waals surface area contributed by atoms with E-state index in [-0.39, 0.29) is 24.7 Å². The Morgan fingerprint density at radius 1 is 0.735 bits per heavy atom. The number of ether oxygens (including phenoxy) is 3. The normalized spacial score (nSPS) is 18.4. The van der Waals surface area contributed by atoms with Crippen molar-refractivity contribution < 1.29 is 33.4 Å². The number of anilines is 4. The molecule has 2 aliphatic rings. The number of nitrogens with zero attached hydrogens (tertiary/aromatic N) is 7. The zero-order chi connectivity index (χ0) is 48.7. The molecule has 0 aliphatic carbocycles. The number of amides is 4. The number of piperidine rings is 2. The lowest BCUT2D eigenvalue weighted by Crippen LogP contribution is -2.46. The average Bonchev–Trinajstić information content (AvgIpc) is 4.01. The number of benzene rings is 2. The predicted molar refractivity (Wildman–Crippen MR) is 263 cm³/mol. The molecular weight excluding hydrogens is 885 g/mol. The minimum atomic E-state index is -1.24. The van der Waals surface area contributed by atoms with Crippen LogP contribution in [-0.2, 0) is 30.6 Å². The number of aromatic amines is 1. The highest BCUT2D eigenvalue weighted by Crippen LogP contribution is 2.37. The van der Waals surface area contributed by atoms with Gasteiger partial charge in [0.1, 0.15) is 29.9 Å². The van der Waals surface area contributed by atoms with Crippen LogP contribution < -0.4 is 31.6 Å². The summed E-state index contributed by atoms with van der Waals surface area (Å²) < 4.78 is 18.2. The van der Waals surface area contributed by atoms with Gasteiger partial charge in [-0.3, -0.25) is 24.3 Å². The van der Waals surface area contributed by atoms with Crippen LogP contribution >= 0.6 is 0 Å². The second-order valence-electron chi connectivity index (χ2n) is 18.8. The molecule has 7 N–H and O–H groups in total. The Kier molecular flexibility index (Phi) is 15.3. The first-order valence-corrected chi connectivity index (χ1v) is 26.5. The monoisotopic (exact) mass is 946 g/mol. The summed E-state index contributed by atoms with van der Waals surface area (Å²) in [5.41, 5.74) is 15.6. The molecule has 2 aliphatic heterocycles. The molecule has 4 aromatic heterocycles. The van der Waals surface area contributed by atoms with E-state index in [1.54, 1.807) is 34.9 Å². The molecular formula is C48H62N12O7Si. The van der Waals surface area contributed by atoms with Crippen LogP contribution in [0.5, 0.6) is 11.5 Å². The Bertz CT molecular complexity index is 2770. The summed E-state index contributed by atoms with van der Waals surface area (Å²) in [7, 11) is 1.98. The van der Waals surface area contributed by atoms with Gasteiger partial charge in [0.25, 0.3) is 0 Å². The van der Waals surface area contributed by atoms with Crippen molar-refractivity contribution in [3.63, 3.8) is 0 Å². The Morgan fingerprint density at radius 2 is 1.26 bits per heavy atom. The van der Waals surface area contributed by atoms with Crippen molar-refractivity contribution in [3.05, 3.63) is 84.4 Å². The lowest BCUT2D eigenvalue weighted by molar-refractivity contribution is -0.146. The van der Waals surface area contributed by atoms with Crippen LogP contribution in [0, 0.1) is 11.8 Å². The minimum absolute atomic E-state index is 0.189. The minimum Gasteiger partial charge on any atom is -0.497 e. The third-order valence-corrected chi connectivity index (χ3v) is 14.1. The van der Waals surface area contributed by atoms with E-state index in [2.05, 4.69) is 69.4 Å². The summed E-state index contributed by atoms with van der Waals surface area (Å²) in [5.74, 6) is -0.00964. The van der Waals surface area contributed by atoms with Crippen LogP contribution in [0.1, 0.15) is 62.7 Å². The fraction of sp³-hybridized carbons (Fsp3) is 0.417. The zero-order valence-electron chi connectivity index (χ0n) is 39.7. The molecule has 2 aromatic carbocycles. The first kappa shape index (κ1) is 48.9. The van der Waals surface area contributed by atoms with Gasteiger partial charge in [0.05, 0.1) is 84.3 Å². The van der Waals surface area contributed by atoms with Crippen LogP contribution in [0.2, 0.25) is 25.7 Å². The summed E-state index contributed by atoms with van der Waals surface area (Å²) in [6.45, 7) is 12.9. The number of likely N-dealkylation sites (tertiary alicyclic amines) is 2. The summed E-state index contributed by atoms with van der Waals surface area (Å²) >= 11 is 0. The number of nitrogen functional groups attached to an aromatic ring is 2. The van der Waals surface area contributed by atoms with Crippen molar-refractivity contribution in [2.24, 2.45) is 11.8 Å². The van der Waals surface area contributed by atoms with Crippen molar-refractivity contribution in [2.75, 3.05) is 56.0 Å². The van der Waals surface area contributed by atoms with Gasteiger partial charge in [0, 0.05) is 27.8 Å². The summed E-state index contributed by atoms with van der Waals surface area (Å²) in [4.78, 5) is 64.4. The maximum atomic E-state index is 13.5. The smallest absolute Gasteiger partial charge is 0.314 e. The highest BCUT2D eigenvalue weighted by molar-refractivity contribution is 6.76. The number of nitrogens with one attached hydrogen (secondary N) is 3. The maximum absolute atomic E-state index is 13.5. The van der Waals surface area contributed by atoms with Gasteiger partial charge in [0.2, 0.25) is 0 Å². The molecule has 4 amide bonds. The van der Waals surface area contributed by atoms with Crippen molar-refractivity contribution in [2.45, 2.75) is 84.0 Å². The molecule has 20 heteroatoms. The number of hydrogen-bond acceptors (Lipinski definition) is 13. The topological polar surface area (TPSA) is 251 Å². The molecule has 2 saturated heterocycles. The number of methoxy groups -OCH3 is 2. The lowest BCUT2D eigenvalue weighted by atomic mass is 9.89. The van der Waals surface area contributed by atoms with E-state index in [1.807, 2.05) is 48.5 Å². The van der Waals surface area contributed by atoms with Crippen molar-refractivity contribution in [1.29, 1.82) is 0 Å². The third kappa shape index (κ3) is 11.4. The zero-order valence-corrected chi connectivity index (χ0v) is 40.7. The van der Waals surface area contributed by atoms with E-state index in [4.69, 9.17) is 25.7 Å². The number of rotatable bonds is 11. The van der Waals surface area contributed by atoms with Gasteiger partial charge in [-0.2, -0.15) is 10.2 Å². The number of nitrogens with two attached hydrogens (primary N) is 2. The SMILES string of the molecule is COc1cccc(C2CCC(C)CN2C(=O)C(=O)Nc2cnc(N)c3cnn(COCC[Si](C)(C)C)c23)c1.COc1cccc([C@H]2CC[C@H](C)CN2C(=O)C(=O)Nc2cnc(N)c3cn[nH]c23)c1. The van der Waals surface area contributed by atoms with Gasteiger partial charge in [0.15, 0.2) is 0 Å². The summed E-state index contributed by atoms with van der Waals surface area (Å²) in [5, 5.41) is 17.7. The Balaban J connectivity index is 0.000000207. The molecule has 2 unspecified atom stereocenters. The van der Waals surface area contributed by atoms with Crippen LogP contribution in [-0.4, -0.2) is 105 Å². The van der Waals surface area contributed by atoms with E-state index >= 15 is 0 Å². The van der Waals surface area contributed by atoms with Crippen molar-refractivity contribution in [1.82, 2.24) is 39.7 Å². The molecule has 8 rings (SSSR count). The molecule has 6 aromatic rings. The van der Waals surface area contributed by atoms with Gasteiger partial charge in [-0.25, -0.2) is 14.6 Å². The van der Waals surface area contributed by atoms with Gasteiger partial charge >= 0.3 is 23.6 Å². The Hall–Kier alpha value is -7.06. The highest BCUT2D eigenvalue weighted by Gasteiger charge is 2.36. The number of carbonyl (C=O) groups excluding carboxylic acids is 4. The molecule has 68 heavy (non-hydrogen) atoms. The summed E-state index contributed by atoms with van der Waals surface area (Å²) in [6, 6.07) is 15.9. The first-order chi connectivity index (χ1) is 32.5. The molecule has 4 atom stereocenters. The second kappa shape index (κ2) is 21.3. The van der Waals surface area contributed by atoms with Gasteiger partial charge < -0.3 is 46.1 Å². The number of carbonyl (C=O) groups is 4. The first-order valence-electron chi connectivity index (χ1n) is 22.8. The molecule has 0 radical (unpaired) electrons. The fourth-order valence-electron chi connectivity index (χ4n) is 8.65. The lowest BCUT2D eigenvalue weighted by Gasteiger charge is -2.38. The molecule has 0 spiro atoms. The molecule has 0 bridgehead atoms. The van der Waals surface area contributed by atoms with E-state index in [1.165, 1.54) is 18.6 Å². The van der Waals surface area contributed by atoms with E-state index in [9.17, 15) is 19.2 Å². The fourth-order valence-corrected chi connectivity index (χ4v) is 9.40. The van der Waals surface area contributed by atoms with E-state index < -0.39 is 31.7 Å². The number of hydrogen-bond donors (Lipinski definition) is 5. The summed E-state index contributed by atoms with van der Waals surface area (Å²) in [6.07, 6.45) is 9.49. The molecule has 360 valence electrons. The molecule has 0 saturated carbocycles. The van der Waals surface area contributed by atoms with Crippen LogP contribution in [0.4, 0.5) is 23.0 Å². The van der Waals surface area contributed by atoms with E-state index in [0.717, 1.165) is 48.6 Å². The van der Waals surface area contributed by atoms with Crippen LogP contribution in [0.25, 0.3) is 21.8 Å². The number of aromatic nitrogens is 6. The second-order valence-corrected chi connectivity index (χ2v) is 24.4. The Labute approximate surface area is 396 Å². The third-order valence-electron chi connectivity index (χ3n) is 12.4. The van der Waals surface area contributed by atoms with Gasteiger partial charge in [-0.15, -0.1) is 0 Å². The van der Waals surface area contributed by atoms with Gasteiger partial charge in [-0.05, 0) is 79.0 Å². The number of fused-ring (bicyclic) bond motifs is 2. The standard InChI is InChI=1S/C27H38N6O4Si.C21H24N6O3/c1-18-9-10-23(19-7-6-8-20(13-19)36-2)32(16-18)27(35)26(34)31-22-15-29-25(28)21-14-30-33(24(21)22)17-37-11-12-38(3,4)5;1-12-6-7-17(13-4-3-5-14(8-13)30-2)27(11-12)21(29)20(28)25-16-10-23-19(22)15-9-24-26-18(15)16/h6-8,13-15,18,23H,9-12,16-17H2,1-5H3,(H2,28,29)(H,31,34);3-5,8-10,12,17H,6-7,11H2,1-2H3,(H2,22,23)(H,24,26)(H,25,28)/t;12-,17+/m.0/s1. The van der Waals surface area contributed by atoms with E-state index in [0.29, 0.717) is 76.2 Å². The molecule has 19 nitrogen and oxygen atoms in total. The van der Waals surface area contributed by atoms with Crippen LogP contribution in [0.3, 0.4) is 0 Å². The largest absolute Gasteiger partial charge is 0.497 e. The maximum Gasteiger partial charge on any atom is 0.314 e. The van der Waals surface area contributed by atoms with Gasteiger partial charge in [-0.1, -0.05) is 57.8 Å². The molecule has 6 heterocycles. The highest BCUT2D eigenvalue weighted by atomic mass is 28.3. The van der Waals surface area contributed by atoms with Crippen LogP contribution in [0.15, 0.2) is 73.3 Å². The quantitative estimate of drug-likeness (QED) is 0.0512. The number of pyridine rings is 2. The molecule has 2 fully saturated rings. The van der Waals surface area contributed by atoms with Crippen molar-refractivity contribution in [3.8, 4) is 11.5 Å². The average molecular weight is 947 g/mol. The Morgan fingerprint density at radius 3 is 1.81 bits per heavy atom. The number of H-pyrrole nitrogens is 1.